The highest BCUT2D eigenvalue weighted by Crippen LogP contribution is 2.14. The zero-order valence-electron chi connectivity index (χ0n) is 7.85. The van der Waals surface area contributed by atoms with E-state index in [0.29, 0.717) is 6.42 Å². The van der Waals surface area contributed by atoms with Crippen LogP contribution in [0.5, 0.6) is 0 Å². The van der Waals surface area contributed by atoms with Crippen molar-refractivity contribution in [3.05, 3.63) is 34.7 Å². The molecular weight excluding hydrogens is 260 g/mol. The predicted octanol–water partition coefficient (Wildman–Crippen LogP) is 2.11. The van der Waals surface area contributed by atoms with Crippen molar-refractivity contribution in [1.82, 2.24) is 9.38 Å². The molecule has 0 saturated heterocycles. The van der Waals surface area contributed by atoms with Crippen LogP contribution in [0.1, 0.15) is 12.1 Å². The van der Waals surface area contributed by atoms with E-state index in [-0.39, 0.29) is 6.42 Å². The summed E-state index contributed by atoms with van der Waals surface area (Å²) in [6.45, 7) is 0. The summed E-state index contributed by atoms with van der Waals surface area (Å²) in [5.74, 6) is -0.800. The summed E-state index contributed by atoms with van der Waals surface area (Å²) >= 11 is 3.40. The van der Waals surface area contributed by atoms with Crippen LogP contribution in [-0.4, -0.2) is 20.5 Å². The van der Waals surface area contributed by atoms with Crippen molar-refractivity contribution in [3.8, 4) is 0 Å². The highest BCUT2D eigenvalue weighted by Gasteiger charge is 2.05. The largest absolute Gasteiger partial charge is 0.481 e. The summed E-state index contributed by atoms with van der Waals surface area (Å²) in [6, 6.07) is 5.69. The summed E-state index contributed by atoms with van der Waals surface area (Å²) in [4.78, 5) is 14.7. The minimum Gasteiger partial charge on any atom is -0.481 e. The summed E-state index contributed by atoms with van der Waals surface area (Å²) in [7, 11) is 0. The van der Waals surface area contributed by atoms with Crippen LogP contribution in [-0.2, 0) is 11.2 Å². The molecule has 0 aromatic carbocycles. The Hall–Kier alpha value is -1.36. The molecule has 15 heavy (non-hydrogen) atoms. The van der Waals surface area contributed by atoms with Crippen molar-refractivity contribution >= 4 is 27.5 Å². The molecule has 0 aliphatic carbocycles. The van der Waals surface area contributed by atoms with Crippen LogP contribution < -0.4 is 0 Å². The predicted molar refractivity (Wildman–Crippen MR) is 58.8 cm³/mol. The molecule has 2 rings (SSSR count). The Morgan fingerprint density at radius 2 is 2.33 bits per heavy atom. The molecule has 0 aliphatic heterocycles. The van der Waals surface area contributed by atoms with Gasteiger partial charge in [0.15, 0.2) is 0 Å². The Kier molecular flexibility index (Phi) is 2.73. The van der Waals surface area contributed by atoms with E-state index in [2.05, 4.69) is 20.9 Å². The third-order valence-corrected chi connectivity index (χ3v) is 2.73. The van der Waals surface area contributed by atoms with E-state index in [1.54, 1.807) is 0 Å². The van der Waals surface area contributed by atoms with Gasteiger partial charge in [0.1, 0.15) is 5.65 Å². The molecule has 0 amide bonds. The summed E-state index contributed by atoms with van der Waals surface area (Å²) < 4.78 is 2.80. The standard InChI is InChI=1S/C10H9BrN2O2/c11-8-2-1-3-9-12-7(6-13(8)9)4-5-10(14)15/h1-3,6H,4-5H2,(H,14,15). The van der Waals surface area contributed by atoms with Crippen LogP contribution >= 0.6 is 15.9 Å². The first kappa shape index (κ1) is 10.2. The van der Waals surface area contributed by atoms with Gasteiger partial charge in [0.2, 0.25) is 0 Å². The van der Waals surface area contributed by atoms with Crippen LogP contribution in [0.4, 0.5) is 0 Å². The lowest BCUT2D eigenvalue weighted by Gasteiger charge is -1.94. The monoisotopic (exact) mass is 268 g/mol. The second-order valence-electron chi connectivity index (χ2n) is 3.20. The number of fused-ring (bicyclic) bond motifs is 1. The Morgan fingerprint density at radius 3 is 3.00 bits per heavy atom. The fourth-order valence-electron chi connectivity index (χ4n) is 1.38. The molecule has 0 saturated carbocycles. The van der Waals surface area contributed by atoms with E-state index in [1.807, 2.05) is 28.8 Å². The minimum atomic E-state index is -0.800. The van der Waals surface area contributed by atoms with Gasteiger partial charge in [-0.05, 0) is 28.1 Å². The number of hydrogen-bond acceptors (Lipinski definition) is 2. The van der Waals surface area contributed by atoms with Crippen LogP contribution in [0.25, 0.3) is 5.65 Å². The Morgan fingerprint density at radius 1 is 1.53 bits per heavy atom. The Labute approximate surface area is 94.7 Å². The molecule has 0 atom stereocenters. The number of aliphatic carboxylic acids is 1. The topological polar surface area (TPSA) is 54.6 Å². The average molecular weight is 269 g/mol. The van der Waals surface area contributed by atoms with Gasteiger partial charge >= 0.3 is 5.97 Å². The van der Waals surface area contributed by atoms with Crippen molar-refractivity contribution in [2.45, 2.75) is 12.8 Å². The number of carboxylic acids is 1. The lowest BCUT2D eigenvalue weighted by molar-refractivity contribution is -0.136. The fourth-order valence-corrected chi connectivity index (χ4v) is 1.82. The molecular formula is C10H9BrN2O2. The first-order chi connectivity index (χ1) is 7.16. The van der Waals surface area contributed by atoms with Crippen LogP contribution in [0.3, 0.4) is 0 Å². The number of hydrogen-bond donors (Lipinski definition) is 1. The molecule has 0 radical (unpaired) electrons. The van der Waals surface area contributed by atoms with E-state index >= 15 is 0 Å². The third kappa shape index (κ3) is 2.18. The van der Waals surface area contributed by atoms with E-state index < -0.39 is 5.97 Å². The molecule has 0 spiro atoms. The van der Waals surface area contributed by atoms with Gasteiger partial charge in [-0.2, -0.15) is 0 Å². The lowest BCUT2D eigenvalue weighted by atomic mass is 10.2. The zero-order valence-corrected chi connectivity index (χ0v) is 9.44. The second-order valence-corrected chi connectivity index (χ2v) is 4.02. The number of carbonyl (C=O) groups is 1. The molecule has 2 aromatic rings. The average Bonchev–Trinajstić information content (AvgIpc) is 2.59. The zero-order chi connectivity index (χ0) is 10.8. The number of rotatable bonds is 3. The SMILES string of the molecule is O=C(O)CCc1cn2c(Br)cccc2n1. The van der Waals surface area contributed by atoms with Crippen LogP contribution in [0.2, 0.25) is 0 Å². The second kappa shape index (κ2) is 4.02. The van der Waals surface area contributed by atoms with E-state index in [9.17, 15) is 4.79 Å². The van der Waals surface area contributed by atoms with Gasteiger partial charge in [0.25, 0.3) is 0 Å². The van der Waals surface area contributed by atoms with E-state index in [4.69, 9.17) is 5.11 Å². The quantitative estimate of drug-likeness (QED) is 0.868. The van der Waals surface area contributed by atoms with Gasteiger partial charge in [-0.3, -0.25) is 9.20 Å². The molecule has 78 valence electrons. The highest BCUT2D eigenvalue weighted by atomic mass is 79.9. The number of aromatic nitrogens is 2. The van der Waals surface area contributed by atoms with Gasteiger partial charge in [-0.1, -0.05) is 6.07 Å². The lowest BCUT2D eigenvalue weighted by Crippen LogP contribution is -1.97. The number of carboxylic acid groups (broad SMARTS) is 1. The first-order valence-corrected chi connectivity index (χ1v) is 5.30. The number of imidazole rings is 1. The minimum absolute atomic E-state index is 0.113. The summed E-state index contributed by atoms with van der Waals surface area (Å²) in [5.41, 5.74) is 1.62. The van der Waals surface area contributed by atoms with Crippen molar-refractivity contribution in [2.24, 2.45) is 0 Å². The molecule has 0 unspecified atom stereocenters. The molecule has 0 bridgehead atoms. The molecule has 4 nitrogen and oxygen atoms in total. The number of nitrogens with zero attached hydrogens (tertiary/aromatic N) is 2. The van der Waals surface area contributed by atoms with Gasteiger partial charge in [-0.25, -0.2) is 4.98 Å². The number of pyridine rings is 1. The molecule has 0 aliphatic rings. The van der Waals surface area contributed by atoms with Crippen molar-refractivity contribution in [3.63, 3.8) is 0 Å². The van der Waals surface area contributed by atoms with Gasteiger partial charge in [-0.15, -0.1) is 0 Å². The van der Waals surface area contributed by atoms with Crippen LogP contribution in [0.15, 0.2) is 29.0 Å². The number of aryl methyl sites for hydroxylation is 1. The van der Waals surface area contributed by atoms with E-state index in [1.165, 1.54) is 0 Å². The van der Waals surface area contributed by atoms with Crippen molar-refractivity contribution < 1.29 is 9.90 Å². The van der Waals surface area contributed by atoms with Gasteiger partial charge in [0.05, 0.1) is 16.7 Å². The molecule has 0 fully saturated rings. The maximum absolute atomic E-state index is 10.4. The normalized spacial score (nSPS) is 10.7. The van der Waals surface area contributed by atoms with Crippen molar-refractivity contribution in [2.75, 3.05) is 0 Å². The fraction of sp³-hybridized carbons (Fsp3) is 0.200. The first-order valence-electron chi connectivity index (χ1n) is 4.51. The Bertz CT molecular complexity index is 507. The van der Waals surface area contributed by atoms with Crippen LogP contribution in [0, 0.1) is 0 Å². The van der Waals surface area contributed by atoms with E-state index in [0.717, 1.165) is 15.9 Å². The molecule has 1 N–H and O–H groups in total. The molecule has 5 heteroatoms. The third-order valence-electron chi connectivity index (χ3n) is 2.09. The molecule has 2 aromatic heterocycles. The van der Waals surface area contributed by atoms with Gasteiger partial charge < -0.3 is 5.11 Å². The Balaban J connectivity index is 2.31. The summed E-state index contributed by atoms with van der Waals surface area (Å²) in [6.07, 6.45) is 2.42. The maximum Gasteiger partial charge on any atom is 0.303 e. The van der Waals surface area contributed by atoms with Gasteiger partial charge in [0, 0.05) is 12.6 Å². The highest BCUT2D eigenvalue weighted by molar-refractivity contribution is 9.10. The number of halogens is 1. The summed E-state index contributed by atoms with van der Waals surface area (Å²) in [5, 5.41) is 8.56. The smallest absolute Gasteiger partial charge is 0.303 e. The maximum atomic E-state index is 10.4. The van der Waals surface area contributed by atoms with Crippen molar-refractivity contribution in [1.29, 1.82) is 0 Å². The molecule has 2 heterocycles.